The smallest absolute Gasteiger partial charge is 0.258 e. The number of aromatic nitrogens is 4. The summed E-state index contributed by atoms with van der Waals surface area (Å²) in [6, 6.07) is 29.0. The molecular formula is C44H41N5O2. The monoisotopic (exact) mass is 671 g/mol. The lowest BCUT2D eigenvalue weighted by Gasteiger charge is -2.14. The Morgan fingerprint density at radius 2 is 0.980 bits per heavy atom. The highest BCUT2D eigenvalue weighted by Crippen LogP contribution is 2.35. The van der Waals surface area contributed by atoms with Gasteiger partial charge in [0.1, 0.15) is 0 Å². The average molecular weight is 672 g/mol. The second-order valence-electron chi connectivity index (χ2n) is 11.7. The number of hydrogen-bond donors (Lipinski definition) is 0. The number of hydrogen-bond acceptors (Lipinski definition) is 6. The van der Waals surface area contributed by atoms with Crippen molar-refractivity contribution in [1.82, 2.24) is 19.9 Å². The summed E-state index contributed by atoms with van der Waals surface area (Å²) in [6.07, 6.45) is 16.8. The van der Waals surface area contributed by atoms with Crippen molar-refractivity contribution in [3.63, 3.8) is 0 Å². The third-order valence-corrected chi connectivity index (χ3v) is 8.58. The molecule has 2 aliphatic carbocycles. The Morgan fingerprint density at radius 1 is 0.490 bits per heavy atom. The Labute approximate surface area is 299 Å². The molecule has 0 radical (unpaired) electrons. The first-order valence-electron chi connectivity index (χ1n) is 17.8. The van der Waals surface area contributed by atoms with Gasteiger partial charge in [0.25, 0.3) is 5.69 Å². The molecule has 0 fully saturated rings. The predicted octanol–water partition coefficient (Wildman–Crippen LogP) is 12.0. The molecule has 0 atom stereocenters. The lowest BCUT2D eigenvalue weighted by Crippen LogP contribution is -2.00. The summed E-state index contributed by atoms with van der Waals surface area (Å²) in [5.41, 5.74) is 11.9. The molecule has 0 spiro atoms. The minimum atomic E-state index is -0.382. The molecule has 7 heteroatoms. The maximum Gasteiger partial charge on any atom is 0.270 e. The van der Waals surface area contributed by atoms with Crippen LogP contribution in [0.5, 0.6) is 0 Å². The summed E-state index contributed by atoms with van der Waals surface area (Å²) in [4.78, 5) is 31.7. The number of nitrogens with zero attached hydrogens (tertiary/aromatic N) is 5. The van der Waals surface area contributed by atoms with Crippen LogP contribution in [-0.2, 0) is 0 Å². The van der Waals surface area contributed by atoms with Gasteiger partial charge in [0.05, 0.1) is 49.8 Å². The largest absolute Gasteiger partial charge is 0.270 e. The molecule has 7 nitrogen and oxygen atoms in total. The molecule has 0 saturated heterocycles. The van der Waals surface area contributed by atoms with E-state index in [4.69, 9.17) is 19.9 Å². The van der Waals surface area contributed by atoms with E-state index in [1.807, 2.05) is 70.2 Å². The van der Waals surface area contributed by atoms with Crippen LogP contribution in [-0.4, -0.2) is 24.9 Å². The van der Waals surface area contributed by atoms with Crippen molar-refractivity contribution < 1.29 is 4.92 Å². The third-order valence-electron chi connectivity index (χ3n) is 8.58. The highest BCUT2D eigenvalue weighted by molar-refractivity contribution is 5.92. The molecule has 0 aliphatic heterocycles. The summed E-state index contributed by atoms with van der Waals surface area (Å²) >= 11 is 0. The Balaban J connectivity index is 0.00000108. The van der Waals surface area contributed by atoms with Crippen LogP contribution in [0.4, 0.5) is 5.69 Å². The number of fused-ring (bicyclic) bond motifs is 2. The Bertz CT molecular complexity index is 2340. The van der Waals surface area contributed by atoms with Crippen LogP contribution in [0.1, 0.15) is 64.8 Å². The van der Waals surface area contributed by atoms with Crippen LogP contribution in [0.15, 0.2) is 127 Å². The number of non-ortho nitro benzene ring substituents is 1. The van der Waals surface area contributed by atoms with Crippen molar-refractivity contribution >= 4 is 38.9 Å². The summed E-state index contributed by atoms with van der Waals surface area (Å²) in [5, 5.41) is 11.6. The SMILES string of the molecule is CC.CC.O=[N+]([O-])c1cccc(-c2nc3cc(-c4ccc5nc(C6=CCCC=C6)c(-c6ccccc6)nc5c4)ccc3nc2C2=CCCC=C2)c1. The van der Waals surface area contributed by atoms with Crippen LogP contribution in [0.3, 0.4) is 0 Å². The van der Waals surface area contributed by atoms with Gasteiger partial charge < -0.3 is 0 Å². The molecule has 8 rings (SSSR count). The van der Waals surface area contributed by atoms with Crippen molar-refractivity contribution in [2.75, 3.05) is 0 Å². The van der Waals surface area contributed by atoms with Gasteiger partial charge in [-0.25, -0.2) is 19.9 Å². The molecule has 0 amide bonds. The van der Waals surface area contributed by atoms with Crippen LogP contribution in [0.2, 0.25) is 0 Å². The molecule has 2 aromatic heterocycles. The summed E-state index contributed by atoms with van der Waals surface area (Å²) < 4.78 is 0. The minimum Gasteiger partial charge on any atom is -0.258 e. The predicted molar refractivity (Wildman–Crippen MR) is 211 cm³/mol. The van der Waals surface area contributed by atoms with Crippen LogP contribution >= 0.6 is 0 Å². The molecule has 6 aromatic rings. The summed E-state index contributed by atoms with van der Waals surface area (Å²) in [6.45, 7) is 8.00. The number of rotatable bonds is 6. The van der Waals surface area contributed by atoms with E-state index in [0.29, 0.717) is 16.8 Å². The van der Waals surface area contributed by atoms with E-state index < -0.39 is 0 Å². The van der Waals surface area contributed by atoms with Gasteiger partial charge in [-0.05, 0) is 72.2 Å². The van der Waals surface area contributed by atoms with E-state index in [9.17, 15) is 10.1 Å². The molecule has 0 saturated carbocycles. The number of benzene rings is 4. The average Bonchev–Trinajstić information content (AvgIpc) is 3.22. The fourth-order valence-corrected chi connectivity index (χ4v) is 6.21. The highest BCUT2D eigenvalue weighted by Gasteiger charge is 2.19. The van der Waals surface area contributed by atoms with Gasteiger partial charge in [0.2, 0.25) is 0 Å². The highest BCUT2D eigenvalue weighted by atomic mass is 16.6. The molecule has 0 N–H and O–H groups in total. The van der Waals surface area contributed by atoms with Gasteiger partial charge in [-0.1, -0.05) is 119 Å². The van der Waals surface area contributed by atoms with E-state index in [0.717, 1.165) is 87.2 Å². The molecule has 0 bridgehead atoms. The molecule has 51 heavy (non-hydrogen) atoms. The van der Waals surface area contributed by atoms with Crippen LogP contribution in [0, 0.1) is 10.1 Å². The third kappa shape index (κ3) is 7.43. The van der Waals surface area contributed by atoms with Crippen LogP contribution < -0.4 is 0 Å². The van der Waals surface area contributed by atoms with Gasteiger partial charge >= 0.3 is 0 Å². The molecule has 2 heterocycles. The van der Waals surface area contributed by atoms with E-state index in [-0.39, 0.29) is 10.6 Å². The lowest BCUT2D eigenvalue weighted by molar-refractivity contribution is -0.384. The van der Waals surface area contributed by atoms with Crippen molar-refractivity contribution in [1.29, 1.82) is 0 Å². The van der Waals surface area contributed by atoms with Gasteiger partial charge in [0.15, 0.2) is 0 Å². The standard InChI is InChI=1S/C40H29N5O2.2C2H6/c46-45(47)32-18-10-17-31(23-32)40-39(28-15-8-3-9-16-28)42-34-22-20-30(25-36(34)44-40)29-19-21-33-35(24-29)43-38(27-13-6-2-7-14-27)37(41-33)26-11-4-1-5-12-26;2*1-2/h2,4,6-8,10-25H,1,3,5,9H2;2*1-2H3. The first kappa shape index (κ1) is 34.8. The molecular weight excluding hydrogens is 631 g/mol. The van der Waals surface area contributed by atoms with E-state index in [1.54, 1.807) is 12.1 Å². The number of nitro groups is 1. The first-order chi connectivity index (χ1) is 25.1. The zero-order valence-electron chi connectivity index (χ0n) is 29.5. The molecule has 2 aliphatic rings. The molecule has 4 aromatic carbocycles. The number of allylic oxidation sites excluding steroid dienone is 8. The Morgan fingerprint density at radius 3 is 1.47 bits per heavy atom. The maximum atomic E-state index is 11.6. The minimum absolute atomic E-state index is 0.0170. The Kier molecular flexibility index (Phi) is 11.0. The Hall–Kier alpha value is -6.08. The fourth-order valence-electron chi connectivity index (χ4n) is 6.21. The van der Waals surface area contributed by atoms with Gasteiger partial charge in [-0.2, -0.15) is 0 Å². The first-order valence-corrected chi connectivity index (χ1v) is 17.8. The van der Waals surface area contributed by atoms with E-state index in [2.05, 4.69) is 66.8 Å². The summed E-state index contributed by atoms with van der Waals surface area (Å²) in [5.74, 6) is 0. The van der Waals surface area contributed by atoms with Crippen molar-refractivity contribution in [3.8, 4) is 33.6 Å². The van der Waals surface area contributed by atoms with Crippen molar-refractivity contribution in [2.45, 2.75) is 53.4 Å². The lowest BCUT2D eigenvalue weighted by atomic mass is 9.98. The second-order valence-corrected chi connectivity index (χ2v) is 11.7. The molecule has 0 unspecified atom stereocenters. The second kappa shape index (κ2) is 16.1. The van der Waals surface area contributed by atoms with Crippen molar-refractivity contribution in [3.05, 3.63) is 149 Å². The van der Waals surface area contributed by atoms with Gasteiger partial charge in [-0.15, -0.1) is 0 Å². The number of nitro benzene ring substituents is 1. The topological polar surface area (TPSA) is 94.7 Å². The molecule has 254 valence electrons. The van der Waals surface area contributed by atoms with E-state index in [1.165, 1.54) is 6.07 Å². The van der Waals surface area contributed by atoms with Gasteiger partial charge in [0, 0.05) is 23.3 Å². The van der Waals surface area contributed by atoms with E-state index >= 15 is 0 Å². The fraction of sp³-hybridized carbons (Fsp3) is 0.182. The zero-order valence-corrected chi connectivity index (χ0v) is 29.5. The van der Waals surface area contributed by atoms with Gasteiger partial charge in [-0.3, -0.25) is 10.1 Å². The summed E-state index contributed by atoms with van der Waals surface area (Å²) in [7, 11) is 0. The van der Waals surface area contributed by atoms with Crippen molar-refractivity contribution in [2.24, 2.45) is 0 Å². The normalized spacial score (nSPS) is 13.4. The zero-order chi connectivity index (χ0) is 35.7. The quantitative estimate of drug-likeness (QED) is 0.129. The van der Waals surface area contributed by atoms with Crippen LogP contribution in [0.25, 0.3) is 66.9 Å². The maximum absolute atomic E-state index is 11.6.